The van der Waals surface area contributed by atoms with Gasteiger partial charge in [0.1, 0.15) is 0 Å². The molecular weight excluding hydrogens is 244 g/mol. The Kier molecular flexibility index (Phi) is 3.23. The molecular formula is C14H16N2O3. The molecule has 19 heavy (non-hydrogen) atoms. The number of hydrogen-bond donors (Lipinski definition) is 3. The van der Waals surface area contributed by atoms with E-state index in [2.05, 4.69) is 10.6 Å². The van der Waals surface area contributed by atoms with Crippen molar-refractivity contribution in [1.29, 1.82) is 0 Å². The first-order valence-electron chi connectivity index (χ1n) is 6.44. The Labute approximate surface area is 111 Å². The number of anilines is 1. The quantitative estimate of drug-likeness (QED) is 0.662. The van der Waals surface area contributed by atoms with E-state index in [1.54, 1.807) is 12.1 Å². The third-order valence-electron chi connectivity index (χ3n) is 3.47. The van der Waals surface area contributed by atoms with Crippen molar-refractivity contribution in [1.82, 2.24) is 5.32 Å². The van der Waals surface area contributed by atoms with E-state index in [4.69, 9.17) is 4.74 Å². The second-order valence-electron chi connectivity index (χ2n) is 4.69. The highest BCUT2D eigenvalue weighted by Crippen LogP contribution is 2.35. The predicted octanol–water partition coefficient (Wildman–Crippen LogP) is 1.15. The number of para-hydroxylation sites is 1. The van der Waals surface area contributed by atoms with Gasteiger partial charge in [-0.25, -0.2) is 0 Å². The average Bonchev–Trinajstić information content (AvgIpc) is 2.47. The molecule has 2 aliphatic rings. The molecule has 1 aromatic carbocycles. The molecule has 2 aliphatic heterocycles. The average molecular weight is 260 g/mol. The van der Waals surface area contributed by atoms with Gasteiger partial charge in [-0.15, -0.1) is 0 Å². The van der Waals surface area contributed by atoms with Crippen LogP contribution in [0.1, 0.15) is 18.4 Å². The molecule has 1 saturated heterocycles. The number of aliphatic hydroxyl groups is 1. The van der Waals surface area contributed by atoms with Crippen molar-refractivity contribution in [3.8, 4) is 5.75 Å². The van der Waals surface area contributed by atoms with E-state index in [-0.39, 0.29) is 12.5 Å². The maximum absolute atomic E-state index is 12.1. The second kappa shape index (κ2) is 5.03. The Hall–Kier alpha value is -1.85. The highest BCUT2D eigenvalue weighted by atomic mass is 16.5. The number of amides is 1. The van der Waals surface area contributed by atoms with E-state index >= 15 is 0 Å². The number of ether oxygens (including phenoxy) is 1. The van der Waals surface area contributed by atoms with Crippen LogP contribution in [-0.4, -0.2) is 24.1 Å². The van der Waals surface area contributed by atoms with Gasteiger partial charge in [-0.3, -0.25) is 4.79 Å². The molecule has 0 saturated carbocycles. The molecule has 3 rings (SSSR count). The van der Waals surface area contributed by atoms with Gasteiger partial charge in [-0.1, -0.05) is 12.1 Å². The summed E-state index contributed by atoms with van der Waals surface area (Å²) in [6.45, 7) is 1.63. The van der Waals surface area contributed by atoms with Crippen LogP contribution in [0.4, 0.5) is 5.69 Å². The van der Waals surface area contributed by atoms with Crippen molar-refractivity contribution < 1.29 is 14.6 Å². The largest absolute Gasteiger partial charge is 0.449 e. The highest BCUT2D eigenvalue weighted by molar-refractivity contribution is 6.06. The number of nitrogens with one attached hydrogen (secondary N) is 2. The van der Waals surface area contributed by atoms with Crippen molar-refractivity contribution in [3.05, 3.63) is 35.1 Å². The topological polar surface area (TPSA) is 70.6 Å². The molecule has 0 aromatic heterocycles. The summed E-state index contributed by atoms with van der Waals surface area (Å²) in [5.74, 6) is 0.807. The Morgan fingerprint density at radius 2 is 2.05 bits per heavy atom. The smallest absolute Gasteiger partial charge is 0.291 e. The fourth-order valence-corrected chi connectivity index (χ4v) is 2.45. The first-order chi connectivity index (χ1) is 9.29. The summed E-state index contributed by atoms with van der Waals surface area (Å²) >= 11 is 0. The predicted molar refractivity (Wildman–Crippen MR) is 70.8 cm³/mol. The lowest BCUT2D eigenvalue weighted by atomic mass is 10.0. The van der Waals surface area contributed by atoms with E-state index in [1.165, 1.54) is 0 Å². The van der Waals surface area contributed by atoms with Crippen LogP contribution in [-0.2, 0) is 11.4 Å². The molecule has 1 aromatic rings. The highest BCUT2D eigenvalue weighted by Gasteiger charge is 2.27. The lowest BCUT2D eigenvalue weighted by Crippen LogP contribution is -2.30. The molecule has 0 radical (unpaired) electrons. The van der Waals surface area contributed by atoms with Gasteiger partial charge in [0.2, 0.25) is 0 Å². The minimum absolute atomic E-state index is 0.122. The summed E-state index contributed by atoms with van der Waals surface area (Å²) < 4.78 is 5.75. The van der Waals surface area contributed by atoms with Gasteiger partial charge in [0.15, 0.2) is 11.5 Å². The third-order valence-corrected chi connectivity index (χ3v) is 3.47. The maximum Gasteiger partial charge on any atom is 0.291 e. The lowest BCUT2D eigenvalue weighted by molar-refractivity contribution is -0.115. The molecule has 3 N–H and O–H groups in total. The van der Waals surface area contributed by atoms with Gasteiger partial charge < -0.3 is 20.5 Å². The van der Waals surface area contributed by atoms with E-state index < -0.39 is 0 Å². The number of benzene rings is 1. The SMILES string of the molecule is O=C1Nc2c(CO)cccc2OC1=C1CCNCC1. The van der Waals surface area contributed by atoms with Crippen LogP contribution >= 0.6 is 0 Å². The summed E-state index contributed by atoms with van der Waals surface area (Å²) in [4.78, 5) is 12.1. The van der Waals surface area contributed by atoms with E-state index in [1.807, 2.05) is 6.07 Å². The number of hydrogen-bond acceptors (Lipinski definition) is 4. The number of carbonyl (C=O) groups excluding carboxylic acids is 1. The molecule has 0 unspecified atom stereocenters. The zero-order valence-corrected chi connectivity index (χ0v) is 10.5. The minimum Gasteiger partial charge on any atom is -0.449 e. The van der Waals surface area contributed by atoms with Crippen LogP contribution in [0, 0.1) is 0 Å². The Morgan fingerprint density at radius 1 is 1.26 bits per heavy atom. The molecule has 1 amide bonds. The molecule has 2 heterocycles. The van der Waals surface area contributed by atoms with E-state index in [9.17, 15) is 9.90 Å². The summed E-state index contributed by atoms with van der Waals surface area (Å²) in [6.07, 6.45) is 1.66. The first kappa shape index (κ1) is 12.2. The van der Waals surface area contributed by atoms with Gasteiger partial charge in [-0.05, 0) is 37.6 Å². The molecule has 0 spiro atoms. The van der Waals surface area contributed by atoms with Gasteiger partial charge in [0.05, 0.1) is 12.3 Å². The monoisotopic (exact) mass is 260 g/mol. The Bertz CT molecular complexity index is 544. The third kappa shape index (κ3) is 2.22. The number of piperidine rings is 1. The fourth-order valence-electron chi connectivity index (χ4n) is 2.45. The fraction of sp³-hybridized carbons (Fsp3) is 0.357. The summed E-state index contributed by atoms with van der Waals surface area (Å²) in [5, 5.41) is 15.3. The zero-order chi connectivity index (χ0) is 13.2. The van der Waals surface area contributed by atoms with Crippen LogP contribution in [0.25, 0.3) is 0 Å². The Morgan fingerprint density at radius 3 is 2.79 bits per heavy atom. The Balaban J connectivity index is 1.98. The number of fused-ring (bicyclic) bond motifs is 1. The van der Waals surface area contributed by atoms with Crippen molar-refractivity contribution in [2.45, 2.75) is 19.4 Å². The summed E-state index contributed by atoms with van der Waals surface area (Å²) in [7, 11) is 0. The van der Waals surface area contributed by atoms with E-state index in [0.29, 0.717) is 22.8 Å². The van der Waals surface area contributed by atoms with Crippen LogP contribution in [0.3, 0.4) is 0 Å². The molecule has 5 heteroatoms. The summed E-state index contributed by atoms with van der Waals surface area (Å²) in [6, 6.07) is 5.38. The normalized spacial score (nSPS) is 18.7. The summed E-state index contributed by atoms with van der Waals surface area (Å²) in [5.41, 5.74) is 2.30. The van der Waals surface area contributed by atoms with Crippen LogP contribution in [0.5, 0.6) is 5.75 Å². The van der Waals surface area contributed by atoms with Crippen LogP contribution in [0.2, 0.25) is 0 Å². The van der Waals surface area contributed by atoms with Gasteiger partial charge >= 0.3 is 0 Å². The van der Waals surface area contributed by atoms with Crippen molar-refractivity contribution in [3.63, 3.8) is 0 Å². The number of aliphatic hydroxyl groups excluding tert-OH is 1. The molecule has 0 aliphatic carbocycles. The second-order valence-corrected chi connectivity index (χ2v) is 4.69. The minimum atomic E-state index is -0.217. The van der Waals surface area contributed by atoms with Crippen molar-refractivity contribution in [2.75, 3.05) is 18.4 Å². The zero-order valence-electron chi connectivity index (χ0n) is 10.5. The molecule has 0 atom stereocenters. The standard InChI is InChI=1S/C14H16N2O3/c17-8-10-2-1-3-11-12(10)16-14(18)13(19-11)9-4-6-15-7-5-9/h1-3,15,17H,4-8H2,(H,16,18). The van der Waals surface area contributed by atoms with Crippen LogP contribution < -0.4 is 15.4 Å². The molecule has 100 valence electrons. The van der Waals surface area contributed by atoms with Gasteiger partial charge in [0.25, 0.3) is 5.91 Å². The molecule has 0 bridgehead atoms. The van der Waals surface area contributed by atoms with E-state index in [0.717, 1.165) is 31.5 Å². The van der Waals surface area contributed by atoms with Crippen LogP contribution in [0.15, 0.2) is 29.5 Å². The van der Waals surface area contributed by atoms with Gasteiger partial charge in [0, 0.05) is 5.56 Å². The maximum atomic E-state index is 12.1. The lowest BCUT2D eigenvalue weighted by Gasteiger charge is -2.25. The molecule has 1 fully saturated rings. The van der Waals surface area contributed by atoms with Gasteiger partial charge in [-0.2, -0.15) is 0 Å². The van der Waals surface area contributed by atoms with Crippen molar-refractivity contribution in [2.24, 2.45) is 0 Å². The van der Waals surface area contributed by atoms with Crippen molar-refractivity contribution >= 4 is 11.6 Å². The number of carbonyl (C=O) groups is 1. The first-order valence-corrected chi connectivity index (χ1v) is 6.44. The molecule has 5 nitrogen and oxygen atoms in total. The number of rotatable bonds is 1.